The van der Waals surface area contributed by atoms with Crippen LogP contribution < -0.4 is 9.80 Å². The lowest BCUT2D eigenvalue weighted by Crippen LogP contribution is -2.48. The first-order valence-corrected chi connectivity index (χ1v) is 26.9. The first-order valence-electron chi connectivity index (χ1n) is 26.9. The summed E-state index contributed by atoms with van der Waals surface area (Å²) < 4.78 is 0. The van der Waals surface area contributed by atoms with Crippen LogP contribution in [0.1, 0.15) is 157 Å². The molecule has 68 heavy (non-hydrogen) atoms. The molecule has 6 bridgehead atoms. The van der Waals surface area contributed by atoms with Crippen LogP contribution >= 0.6 is 0 Å². The predicted octanol–water partition coefficient (Wildman–Crippen LogP) is 19.1. The molecule has 2 heteroatoms. The van der Waals surface area contributed by atoms with Crippen LogP contribution in [0, 0.1) is 43.4 Å². The summed E-state index contributed by atoms with van der Waals surface area (Å²) in [5.74, 6) is 5.18. The fraction of sp³-hybridized carbons (Fsp3) is 0.424. The Hall–Kier alpha value is -5.34. The van der Waals surface area contributed by atoms with Crippen LogP contribution in [0.3, 0.4) is 0 Å². The molecule has 0 N–H and O–H groups in total. The normalized spacial score (nSPS) is 26.1. The average Bonchev–Trinajstić information content (AvgIpc) is 3.66. The highest BCUT2D eigenvalue weighted by atomic mass is 15.2. The third kappa shape index (κ3) is 7.50. The second-order valence-electron chi connectivity index (χ2n) is 23.9. The molecule has 6 saturated carbocycles. The van der Waals surface area contributed by atoms with Gasteiger partial charge < -0.3 is 9.80 Å². The van der Waals surface area contributed by atoms with E-state index in [1.165, 1.54) is 155 Å². The lowest BCUT2D eigenvalue weighted by atomic mass is 9.48. The predicted molar refractivity (Wildman–Crippen MR) is 290 cm³/mol. The van der Waals surface area contributed by atoms with Gasteiger partial charge in [0.25, 0.3) is 0 Å². The molecule has 0 aromatic heterocycles. The van der Waals surface area contributed by atoms with Gasteiger partial charge in [0, 0.05) is 44.3 Å². The molecule has 0 spiro atoms. The van der Waals surface area contributed by atoms with E-state index in [-0.39, 0.29) is 10.8 Å². The Morgan fingerprint density at radius 1 is 0.441 bits per heavy atom. The van der Waals surface area contributed by atoms with Gasteiger partial charge in [-0.25, -0.2) is 0 Å². The van der Waals surface area contributed by atoms with Gasteiger partial charge >= 0.3 is 0 Å². The number of anilines is 6. The first kappa shape index (κ1) is 43.9. The minimum atomic E-state index is 0.226. The van der Waals surface area contributed by atoms with Crippen molar-refractivity contribution >= 4 is 55.7 Å². The molecule has 0 saturated heterocycles. The van der Waals surface area contributed by atoms with E-state index in [1.54, 1.807) is 11.1 Å². The molecule has 13 rings (SSSR count). The number of hydrogen-bond donors (Lipinski definition) is 0. The van der Waals surface area contributed by atoms with Crippen molar-refractivity contribution in [3.8, 4) is 0 Å². The van der Waals surface area contributed by atoms with Crippen molar-refractivity contribution in [1.82, 2.24) is 0 Å². The fourth-order valence-corrected chi connectivity index (χ4v) is 15.4. The Labute approximate surface area is 408 Å². The highest BCUT2D eigenvalue weighted by Gasteiger charge is 2.52. The summed E-state index contributed by atoms with van der Waals surface area (Å²) in [5.41, 5.74) is 16.4. The van der Waals surface area contributed by atoms with Crippen molar-refractivity contribution in [2.45, 2.75) is 148 Å². The number of benzene rings is 7. The van der Waals surface area contributed by atoms with Crippen LogP contribution in [-0.4, -0.2) is 0 Å². The van der Waals surface area contributed by atoms with Crippen LogP contribution in [-0.2, 0) is 10.8 Å². The van der Waals surface area contributed by atoms with Gasteiger partial charge in [-0.15, -0.1) is 0 Å². The van der Waals surface area contributed by atoms with Gasteiger partial charge in [0.2, 0.25) is 0 Å². The van der Waals surface area contributed by atoms with Crippen molar-refractivity contribution in [1.29, 1.82) is 0 Å². The van der Waals surface area contributed by atoms with Crippen molar-refractivity contribution in [3.05, 3.63) is 167 Å². The summed E-state index contributed by atoms with van der Waals surface area (Å²) in [6, 6.07) is 53.7. The summed E-state index contributed by atoms with van der Waals surface area (Å²) in [7, 11) is 0. The molecule has 0 amide bonds. The monoisotopic (exact) mass is 895 g/mol. The largest absolute Gasteiger partial charge is 0.309 e. The zero-order chi connectivity index (χ0) is 46.5. The van der Waals surface area contributed by atoms with Crippen molar-refractivity contribution in [2.24, 2.45) is 29.6 Å². The molecule has 7 aromatic rings. The van der Waals surface area contributed by atoms with E-state index in [4.69, 9.17) is 0 Å². The molecule has 0 aliphatic heterocycles. The van der Waals surface area contributed by atoms with E-state index < -0.39 is 0 Å². The molecule has 0 heterocycles. The van der Waals surface area contributed by atoms with Crippen LogP contribution in [0.15, 0.2) is 133 Å². The summed E-state index contributed by atoms with van der Waals surface area (Å²) in [6.45, 7) is 16.1. The van der Waals surface area contributed by atoms with E-state index >= 15 is 0 Å². The minimum absolute atomic E-state index is 0.226. The number of fused-ring (bicyclic) bond motifs is 4. The molecule has 3 unspecified atom stereocenters. The summed E-state index contributed by atoms with van der Waals surface area (Å²) >= 11 is 0. The maximum atomic E-state index is 2.74. The van der Waals surface area contributed by atoms with Crippen molar-refractivity contribution < 1.29 is 0 Å². The van der Waals surface area contributed by atoms with Crippen LogP contribution in [0.25, 0.3) is 21.5 Å². The van der Waals surface area contributed by atoms with Gasteiger partial charge in [-0.1, -0.05) is 125 Å². The van der Waals surface area contributed by atoms with E-state index in [9.17, 15) is 0 Å². The lowest BCUT2D eigenvalue weighted by Gasteiger charge is -2.57. The zero-order valence-electron chi connectivity index (χ0n) is 42.1. The molecular formula is C66H74N2. The zero-order valence-corrected chi connectivity index (χ0v) is 42.1. The van der Waals surface area contributed by atoms with E-state index in [2.05, 4.69) is 192 Å². The summed E-state index contributed by atoms with van der Waals surface area (Å²) in [5, 5.41) is 5.38. The summed E-state index contributed by atoms with van der Waals surface area (Å²) in [4.78, 5) is 5.29. The molecule has 0 radical (unpaired) electrons. The number of rotatable bonds is 11. The average molecular weight is 895 g/mol. The second-order valence-corrected chi connectivity index (χ2v) is 23.9. The number of aryl methyl sites for hydroxylation is 2. The van der Waals surface area contributed by atoms with Gasteiger partial charge in [-0.05, 0) is 220 Å². The topological polar surface area (TPSA) is 6.48 Å². The molecule has 348 valence electrons. The van der Waals surface area contributed by atoms with E-state index in [1.807, 2.05) is 0 Å². The smallest absolute Gasteiger partial charge is 0.0620 e. The standard InChI is InChI=1S/C66H74N2/c1-8-46-31-47-29-30-65(37-46,38-47)53-17-27-59-61(35-53)63(67(55-19-9-44(6)10-20-55)57-23-13-51(14-24-57)42(2)3)60-28-18-54(66-39-48-32-49(40-66)34-50(33-48)41-66)36-62(60)64(59)68(56-21-11-45(7)12-22-56)58-25-15-52(16-26-58)43(4)5/h9-28,35-36,42-43,46-50H,8,29-34,37-41H2,1-7H3. The number of hydrogen-bond acceptors (Lipinski definition) is 2. The fourth-order valence-electron chi connectivity index (χ4n) is 15.4. The van der Waals surface area contributed by atoms with Gasteiger partial charge in [-0.3, -0.25) is 0 Å². The first-order chi connectivity index (χ1) is 33.0. The SMILES string of the molecule is CCC1CC2CCC(c3ccc4c(N(c5ccc(C)cc5)c5ccc(C(C)C)cc5)c5cc(C67CC8CC(CC(C8)C6)C7)ccc5c(N(c5ccc(C)cc5)c5ccc(C(C)C)cc5)c4c3)(C1)C2. The Balaban J connectivity index is 1.21. The van der Waals surface area contributed by atoms with Crippen LogP contribution in [0.4, 0.5) is 34.1 Å². The highest BCUT2D eigenvalue weighted by molar-refractivity contribution is 6.23. The summed E-state index contributed by atoms with van der Waals surface area (Å²) in [6.07, 6.45) is 16.4. The van der Waals surface area contributed by atoms with Crippen LogP contribution in [0.5, 0.6) is 0 Å². The molecule has 6 aliphatic carbocycles. The molecule has 6 aliphatic rings. The van der Waals surface area contributed by atoms with Crippen molar-refractivity contribution in [3.63, 3.8) is 0 Å². The maximum absolute atomic E-state index is 2.74. The Morgan fingerprint density at radius 2 is 0.838 bits per heavy atom. The Morgan fingerprint density at radius 3 is 1.25 bits per heavy atom. The maximum Gasteiger partial charge on any atom is 0.0620 e. The molecule has 6 fully saturated rings. The molecular weight excluding hydrogens is 821 g/mol. The third-order valence-corrected chi connectivity index (χ3v) is 18.6. The second kappa shape index (κ2) is 17.0. The van der Waals surface area contributed by atoms with Crippen LogP contribution in [0.2, 0.25) is 0 Å². The van der Waals surface area contributed by atoms with Gasteiger partial charge in [0.15, 0.2) is 0 Å². The quantitative estimate of drug-likeness (QED) is 0.0943. The van der Waals surface area contributed by atoms with E-state index in [0.717, 1.165) is 29.6 Å². The molecule has 3 atom stereocenters. The Bertz CT molecular complexity index is 2940. The van der Waals surface area contributed by atoms with Gasteiger partial charge in [0.1, 0.15) is 0 Å². The Kier molecular flexibility index (Phi) is 11.0. The number of nitrogens with zero attached hydrogens (tertiary/aromatic N) is 2. The lowest BCUT2D eigenvalue weighted by molar-refractivity contribution is -0.00512. The molecule has 2 nitrogen and oxygen atoms in total. The highest BCUT2D eigenvalue weighted by Crippen LogP contribution is 2.62. The van der Waals surface area contributed by atoms with Gasteiger partial charge in [-0.2, -0.15) is 0 Å². The third-order valence-electron chi connectivity index (χ3n) is 18.6. The van der Waals surface area contributed by atoms with E-state index in [0.29, 0.717) is 11.8 Å². The molecule has 7 aromatic carbocycles. The van der Waals surface area contributed by atoms with Gasteiger partial charge in [0.05, 0.1) is 11.4 Å². The van der Waals surface area contributed by atoms with Crippen molar-refractivity contribution in [2.75, 3.05) is 9.80 Å². The minimum Gasteiger partial charge on any atom is -0.309 e.